The van der Waals surface area contributed by atoms with E-state index in [9.17, 15) is 4.79 Å². The van der Waals surface area contributed by atoms with E-state index < -0.39 is 0 Å². The van der Waals surface area contributed by atoms with Gasteiger partial charge >= 0.3 is 0 Å². The monoisotopic (exact) mass is 140 g/mol. The Morgan fingerprint density at radius 1 is 1.70 bits per heavy atom. The summed E-state index contributed by atoms with van der Waals surface area (Å²) in [4.78, 5) is 10.2. The van der Waals surface area contributed by atoms with Crippen LogP contribution in [0.25, 0.3) is 0 Å². The molecule has 1 unspecified atom stereocenters. The molecular formula is C8H12O2. The second-order valence-electron chi connectivity index (χ2n) is 2.65. The van der Waals surface area contributed by atoms with E-state index in [0.29, 0.717) is 5.92 Å². The summed E-state index contributed by atoms with van der Waals surface area (Å²) in [7, 11) is 0. The molecule has 0 radical (unpaired) electrons. The lowest BCUT2D eigenvalue weighted by atomic mass is 10.1. The van der Waals surface area contributed by atoms with Gasteiger partial charge in [0.1, 0.15) is 6.29 Å². The molecule has 1 fully saturated rings. The molecule has 1 rings (SSSR count). The first-order chi connectivity index (χ1) is 4.83. The maximum absolute atomic E-state index is 10.2. The zero-order chi connectivity index (χ0) is 7.40. The first-order valence-corrected chi connectivity index (χ1v) is 3.54. The fourth-order valence-electron chi connectivity index (χ4n) is 1.10. The molecule has 0 amide bonds. The summed E-state index contributed by atoms with van der Waals surface area (Å²) in [5.41, 5.74) is 0.815. The normalized spacial score (nSPS) is 26.9. The van der Waals surface area contributed by atoms with Crippen molar-refractivity contribution in [3.8, 4) is 0 Å². The van der Waals surface area contributed by atoms with Crippen molar-refractivity contribution in [2.45, 2.75) is 13.3 Å². The summed E-state index contributed by atoms with van der Waals surface area (Å²) < 4.78 is 5.14. The van der Waals surface area contributed by atoms with Crippen LogP contribution in [0.3, 0.4) is 0 Å². The van der Waals surface area contributed by atoms with E-state index in [1.165, 1.54) is 0 Å². The van der Waals surface area contributed by atoms with E-state index >= 15 is 0 Å². The van der Waals surface area contributed by atoms with Crippen LogP contribution in [0.1, 0.15) is 13.3 Å². The van der Waals surface area contributed by atoms with Crippen LogP contribution in [0.4, 0.5) is 0 Å². The van der Waals surface area contributed by atoms with Crippen LogP contribution in [0, 0.1) is 5.92 Å². The third-order valence-electron chi connectivity index (χ3n) is 1.65. The predicted octanol–water partition coefficient (Wildman–Crippen LogP) is 1.17. The topological polar surface area (TPSA) is 26.3 Å². The van der Waals surface area contributed by atoms with Gasteiger partial charge in [-0.1, -0.05) is 6.08 Å². The molecule has 1 aliphatic rings. The number of aldehydes is 1. The minimum Gasteiger partial charge on any atom is -0.381 e. The van der Waals surface area contributed by atoms with Crippen LogP contribution >= 0.6 is 0 Å². The molecule has 0 aromatic heterocycles. The van der Waals surface area contributed by atoms with Crippen LogP contribution in [-0.2, 0) is 9.53 Å². The third-order valence-corrected chi connectivity index (χ3v) is 1.65. The Hall–Kier alpha value is -0.630. The Morgan fingerprint density at radius 3 is 3.00 bits per heavy atom. The highest BCUT2D eigenvalue weighted by Gasteiger charge is 2.12. The molecule has 0 N–H and O–H groups in total. The Balaban J connectivity index is 2.42. The molecule has 2 nitrogen and oxygen atoms in total. The molecule has 0 aromatic rings. The first-order valence-electron chi connectivity index (χ1n) is 3.54. The Bertz CT molecular complexity index is 143. The largest absolute Gasteiger partial charge is 0.381 e. The minimum atomic E-state index is 0.477. The summed E-state index contributed by atoms with van der Waals surface area (Å²) in [5.74, 6) is 0.477. The molecule has 2 heteroatoms. The zero-order valence-corrected chi connectivity index (χ0v) is 6.17. The second kappa shape index (κ2) is 3.52. The summed E-state index contributed by atoms with van der Waals surface area (Å²) in [6.07, 6.45) is 3.93. The van der Waals surface area contributed by atoms with Gasteiger partial charge in [0, 0.05) is 12.5 Å². The predicted molar refractivity (Wildman–Crippen MR) is 38.7 cm³/mol. The van der Waals surface area contributed by atoms with Crippen molar-refractivity contribution in [3.05, 3.63) is 11.6 Å². The van der Waals surface area contributed by atoms with Gasteiger partial charge in [0.15, 0.2) is 0 Å². The lowest BCUT2D eigenvalue weighted by molar-refractivity contribution is -0.104. The molecule has 0 aromatic carbocycles. The van der Waals surface area contributed by atoms with Crippen LogP contribution in [0.2, 0.25) is 0 Å². The van der Waals surface area contributed by atoms with Crippen LogP contribution < -0.4 is 0 Å². The standard InChI is InChI=1S/C8H12O2/c1-7(5-9)4-8-2-3-10-6-8/h4-5,8H,2-3,6H2,1H3/b7-4+. The number of carbonyl (C=O) groups is 1. The van der Waals surface area contributed by atoms with Gasteiger partial charge in [-0.05, 0) is 18.9 Å². The SMILES string of the molecule is C/C(C=O)=C\C1CCOC1. The van der Waals surface area contributed by atoms with Gasteiger partial charge in [0.2, 0.25) is 0 Å². The smallest absolute Gasteiger partial charge is 0.145 e. The molecule has 1 atom stereocenters. The molecule has 0 saturated carbocycles. The zero-order valence-electron chi connectivity index (χ0n) is 6.17. The number of rotatable bonds is 2. The van der Waals surface area contributed by atoms with Crippen molar-refractivity contribution >= 4 is 6.29 Å². The van der Waals surface area contributed by atoms with Crippen LogP contribution in [0.15, 0.2) is 11.6 Å². The van der Waals surface area contributed by atoms with Crippen molar-refractivity contribution in [1.82, 2.24) is 0 Å². The first kappa shape index (κ1) is 7.48. The summed E-state index contributed by atoms with van der Waals surface area (Å²) in [5, 5.41) is 0. The van der Waals surface area contributed by atoms with E-state index in [2.05, 4.69) is 0 Å². The molecule has 10 heavy (non-hydrogen) atoms. The van der Waals surface area contributed by atoms with E-state index in [0.717, 1.165) is 31.5 Å². The van der Waals surface area contributed by atoms with Gasteiger partial charge in [-0.15, -0.1) is 0 Å². The average molecular weight is 140 g/mol. The summed E-state index contributed by atoms with van der Waals surface area (Å²) in [6, 6.07) is 0. The highest BCUT2D eigenvalue weighted by atomic mass is 16.5. The lowest BCUT2D eigenvalue weighted by Crippen LogP contribution is -1.95. The maximum atomic E-state index is 10.2. The van der Waals surface area contributed by atoms with Crippen molar-refractivity contribution in [2.24, 2.45) is 5.92 Å². The van der Waals surface area contributed by atoms with Crippen molar-refractivity contribution < 1.29 is 9.53 Å². The second-order valence-corrected chi connectivity index (χ2v) is 2.65. The fourth-order valence-corrected chi connectivity index (χ4v) is 1.10. The molecule has 0 spiro atoms. The third kappa shape index (κ3) is 1.95. The fraction of sp³-hybridized carbons (Fsp3) is 0.625. The maximum Gasteiger partial charge on any atom is 0.145 e. The molecule has 1 aliphatic heterocycles. The van der Waals surface area contributed by atoms with Gasteiger partial charge < -0.3 is 4.74 Å². The molecule has 0 bridgehead atoms. The molecular weight excluding hydrogens is 128 g/mol. The number of ether oxygens (including phenoxy) is 1. The van der Waals surface area contributed by atoms with Gasteiger partial charge in [-0.2, -0.15) is 0 Å². The number of hydrogen-bond donors (Lipinski definition) is 0. The van der Waals surface area contributed by atoms with Crippen molar-refractivity contribution in [2.75, 3.05) is 13.2 Å². The van der Waals surface area contributed by atoms with E-state index in [4.69, 9.17) is 4.74 Å². The van der Waals surface area contributed by atoms with Crippen LogP contribution in [0.5, 0.6) is 0 Å². The van der Waals surface area contributed by atoms with Gasteiger partial charge in [0.25, 0.3) is 0 Å². The minimum absolute atomic E-state index is 0.477. The van der Waals surface area contributed by atoms with Gasteiger partial charge in [-0.25, -0.2) is 0 Å². The Morgan fingerprint density at radius 2 is 2.50 bits per heavy atom. The van der Waals surface area contributed by atoms with Crippen LogP contribution in [-0.4, -0.2) is 19.5 Å². The lowest BCUT2D eigenvalue weighted by Gasteiger charge is -1.97. The van der Waals surface area contributed by atoms with Gasteiger partial charge in [-0.3, -0.25) is 4.79 Å². The summed E-state index contributed by atoms with van der Waals surface area (Å²) in [6.45, 7) is 3.45. The van der Waals surface area contributed by atoms with E-state index in [-0.39, 0.29) is 0 Å². The number of hydrogen-bond acceptors (Lipinski definition) is 2. The number of allylic oxidation sites excluding steroid dienone is 1. The Labute approximate surface area is 60.9 Å². The van der Waals surface area contributed by atoms with Crippen molar-refractivity contribution in [3.63, 3.8) is 0 Å². The molecule has 1 saturated heterocycles. The average Bonchev–Trinajstić information content (AvgIpc) is 2.40. The van der Waals surface area contributed by atoms with E-state index in [1.807, 2.05) is 13.0 Å². The van der Waals surface area contributed by atoms with Crippen molar-refractivity contribution in [1.29, 1.82) is 0 Å². The number of carbonyl (C=O) groups excluding carboxylic acids is 1. The molecule has 1 heterocycles. The molecule has 56 valence electrons. The van der Waals surface area contributed by atoms with Gasteiger partial charge in [0.05, 0.1) is 6.61 Å². The summed E-state index contributed by atoms with van der Waals surface area (Å²) >= 11 is 0. The quantitative estimate of drug-likeness (QED) is 0.425. The molecule has 0 aliphatic carbocycles. The Kier molecular flexibility index (Phi) is 2.63. The highest BCUT2D eigenvalue weighted by Crippen LogP contribution is 2.14. The highest BCUT2D eigenvalue weighted by molar-refractivity contribution is 5.72. The van der Waals surface area contributed by atoms with E-state index in [1.54, 1.807) is 0 Å².